The first-order valence-electron chi connectivity index (χ1n) is 9.33. The Morgan fingerprint density at radius 2 is 1.79 bits per heavy atom. The SMILES string of the molecule is Cc1cc(C=O)ccc1OCc1cccc(-c2ccc3c(c2)OCCO3)c1C. The fraction of sp³-hybridized carbons (Fsp3) is 0.208. The molecule has 0 amide bonds. The van der Waals surface area contributed by atoms with E-state index in [1.165, 1.54) is 5.56 Å². The van der Waals surface area contributed by atoms with Crippen LogP contribution in [-0.4, -0.2) is 19.5 Å². The molecule has 0 radical (unpaired) electrons. The van der Waals surface area contributed by atoms with E-state index in [2.05, 4.69) is 25.1 Å². The molecular formula is C24H22O4. The number of fused-ring (bicyclic) bond motifs is 1. The van der Waals surface area contributed by atoms with Gasteiger partial charge in [0, 0.05) is 5.56 Å². The van der Waals surface area contributed by atoms with E-state index < -0.39 is 0 Å². The van der Waals surface area contributed by atoms with Crippen molar-refractivity contribution in [2.45, 2.75) is 20.5 Å². The third-order valence-electron chi connectivity index (χ3n) is 5.02. The van der Waals surface area contributed by atoms with E-state index in [4.69, 9.17) is 14.2 Å². The van der Waals surface area contributed by atoms with Gasteiger partial charge in [-0.2, -0.15) is 0 Å². The molecule has 4 rings (SSSR count). The van der Waals surface area contributed by atoms with Crippen LogP contribution < -0.4 is 14.2 Å². The average molecular weight is 374 g/mol. The number of aldehydes is 1. The highest BCUT2D eigenvalue weighted by atomic mass is 16.6. The molecule has 4 heteroatoms. The molecule has 0 aromatic heterocycles. The van der Waals surface area contributed by atoms with Gasteiger partial charge in [-0.3, -0.25) is 4.79 Å². The quantitative estimate of drug-likeness (QED) is 0.581. The number of carbonyl (C=O) groups excluding carboxylic acids is 1. The van der Waals surface area contributed by atoms with Crippen molar-refractivity contribution in [3.05, 3.63) is 76.9 Å². The Labute approximate surface area is 164 Å². The molecule has 0 N–H and O–H groups in total. The number of ether oxygens (including phenoxy) is 3. The molecule has 0 saturated heterocycles. The van der Waals surface area contributed by atoms with Crippen LogP contribution in [-0.2, 0) is 6.61 Å². The second-order valence-electron chi connectivity index (χ2n) is 6.88. The second kappa shape index (κ2) is 7.77. The first-order valence-corrected chi connectivity index (χ1v) is 9.33. The molecule has 3 aromatic carbocycles. The molecule has 28 heavy (non-hydrogen) atoms. The molecule has 0 fully saturated rings. The lowest BCUT2D eigenvalue weighted by atomic mass is 9.96. The maximum atomic E-state index is 10.9. The van der Waals surface area contributed by atoms with Gasteiger partial charge in [-0.25, -0.2) is 0 Å². The topological polar surface area (TPSA) is 44.8 Å². The minimum atomic E-state index is 0.464. The zero-order valence-electron chi connectivity index (χ0n) is 16.0. The molecule has 0 bridgehead atoms. The van der Waals surface area contributed by atoms with Crippen LogP contribution in [0, 0.1) is 13.8 Å². The predicted octanol–water partition coefficient (Wildman–Crippen LogP) is 5.13. The smallest absolute Gasteiger partial charge is 0.161 e. The summed E-state index contributed by atoms with van der Waals surface area (Å²) in [5.41, 5.74) is 6.13. The molecule has 0 saturated carbocycles. The Kier molecular flexibility index (Phi) is 5.02. The van der Waals surface area contributed by atoms with Crippen molar-refractivity contribution in [3.63, 3.8) is 0 Å². The van der Waals surface area contributed by atoms with Crippen LogP contribution in [0.4, 0.5) is 0 Å². The van der Waals surface area contributed by atoms with Gasteiger partial charge in [0.2, 0.25) is 0 Å². The van der Waals surface area contributed by atoms with Crippen molar-refractivity contribution in [2.75, 3.05) is 13.2 Å². The molecule has 1 heterocycles. The van der Waals surface area contributed by atoms with Crippen molar-refractivity contribution in [3.8, 4) is 28.4 Å². The van der Waals surface area contributed by atoms with E-state index in [-0.39, 0.29) is 0 Å². The van der Waals surface area contributed by atoms with Gasteiger partial charge in [0.15, 0.2) is 11.5 Å². The Balaban J connectivity index is 1.58. The molecule has 1 aliphatic rings. The largest absolute Gasteiger partial charge is 0.489 e. The van der Waals surface area contributed by atoms with Crippen LogP contribution in [0.2, 0.25) is 0 Å². The standard InChI is InChI=1S/C24H22O4/c1-16-12-18(14-25)6-8-22(16)28-15-20-4-3-5-21(17(20)2)19-7-9-23-24(13-19)27-11-10-26-23/h3-9,12-14H,10-11,15H2,1-2H3. The zero-order chi connectivity index (χ0) is 19.5. The minimum Gasteiger partial charge on any atom is -0.489 e. The highest BCUT2D eigenvalue weighted by Gasteiger charge is 2.14. The molecule has 3 aromatic rings. The molecule has 0 spiro atoms. The summed E-state index contributed by atoms with van der Waals surface area (Å²) in [4.78, 5) is 10.9. The Morgan fingerprint density at radius 1 is 0.964 bits per heavy atom. The van der Waals surface area contributed by atoms with Crippen LogP contribution in [0.25, 0.3) is 11.1 Å². The molecule has 0 atom stereocenters. The van der Waals surface area contributed by atoms with Crippen LogP contribution in [0.3, 0.4) is 0 Å². The Morgan fingerprint density at radius 3 is 2.57 bits per heavy atom. The number of carbonyl (C=O) groups is 1. The lowest BCUT2D eigenvalue weighted by molar-refractivity contribution is 0.112. The summed E-state index contributed by atoms with van der Waals surface area (Å²) in [5, 5.41) is 0. The lowest BCUT2D eigenvalue weighted by Gasteiger charge is -2.20. The summed E-state index contributed by atoms with van der Waals surface area (Å²) in [6, 6.07) is 17.7. The summed E-state index contributed by atoms with van der Waals surface area (Å²) in [6.07, 6.45) is 0.845. The number of benzene rings is 3. The van der Waals surface area contributed by atoms with Crippen LogP contribution in [0.5, 0.6) is 17.2 Å². The minimum absolute atomic E-state index is 0.464. The summed E-state index contributed by atoms with van der Waals surface area (Å²) < 4.78 is 17.4. The molecule has 0 unspecified atom stereocenters. The van der Waals surface area contributed by atoms with Crippen molar-refractivity contribution in [2.24, 2.45) is 0 Å². The number of rotatable bonds is 5. The van der Waals surface area contributed by atoms with Gasteiger partial charge >= 0.3 is 0 Å². The molecule has 1 aliphatic heterocycles. The van der Waals surface area contributed by atoms with E-state index in [0.717, 1.165) is 45.8 Å². The average Bonchev–Trinajstić information content (AvgIpc) is 2.73. The number of aryl methyl sites for hydroxylation is 1. The summed E-state index contributed by atoms with van der Waals surface area (Å²) in [5.74, 6) is 2.37. The Hall–Kier alpha value is -3.27. The number of hydrogen-bond donors (Lipinski definition) is 0. The maximum absolute atomic E-state index is 10.9. The maximum Gasteiger partial charge on any atom is 0.161 e. The fourth-order valence-electron chi connectivity index (χ4n) is 3.43. The molecular weight excluding hydrogens is 352 g/mol. The third kappa shape index (κ3) is 3.58. The molecule has 4 nitrogen and oxygen atoms in total. The van der Waals surface area contributed by atoms with Gasteiger partial charge in [-0.05, 0) is 72.0 Å². The summed E-state index contributed by atoms with van der Waals surface area (Å²) in [6.45, 7) is 5.68. The Bertz CT molecular complexity index is 1020. The summed E-state index contributed by atoms with van der Waals surface area (Å²) in [7, 11) is 0. The number of hydrogen-bond acceptors (Lipinski definition) is 4. The van der Waals surface area contributed by atoms with E-state index in [1.54, 1.807) is 6.07 Å². The van der Waals surface area contributed by atoms with E-state index in [9.17, 15) is 4.79 Å². The highest BCUT2D eigenvalue weighted by Crippen LogP contribution is 2.36. The fourth-order valence-corrected chi connectivity index (χ4v) is 3.43. The van der Waals surface area contributed by atoms with Crippen molar-refractivity contribution < 1.29 is 19.0 Å². The van der Waals surface area contributed by atoms with Crippen LogP contribution in [0.15, 0.2) is 54.6 Å². The van der Waals surface area contributed by atoms with E-state index >= 15 is 0 Å². The lowest BCUT2D eigenvalue weighted by Crippen LogP contribution is -2.15. The van der Waals surface area contributed by atoms with Gasteiger partial charge in [0.25, 0.3) is 0 Å². The van der Waals surface area contributed by atoms with Gasteiger partial charge < -0.3 is 14.2 Å². The van der Waals surface area contributed by atoms with Crippen molar-refractivity contribution >= 4 is 6.29 Å². The highest BCUT2D eigenvalue weighted by molar-refractivity contribution is 5.75. The van der Waals surface area contributed by atoms with Crippen LogP contribution in [0.1, 0.15) is 27.0 Å². The summed E-state index contributed by atoms with van der Waals surface area (Å²) >= 11 is 0. The van der Waals surface area contributed by atoms with Gasteiger partial charge in [0.05, 0.1) is 0 Å². The van der Waals surface area contributed by atoms with Crippen molar-refractivity contribution in [1.82, 2.24) is 0 Å². The second-order valence-corrected chi connectivity index (χ2v) is 6.88. The van der Waals surface area contributed by atoms with Crippen molar-refractivity contribution in [1.29, 1.82) is 0 Å². The van der Waals surface area contributed by atoms with Gasteiger partial charge in [0.1, 0.15) is 31.9 Å². The van der Waals surface area contributed by atoms with Gasteiger partial charge in [-0.15, -0.1) is 0 Å². The zero-order valence-corrected chi connectivity index (χ0v) is 16.0. The third-order valence-corrected chi connectivity index (χ3v) is 5.02. The first-order chi connectivity index (χ1) is 13.7. The monoisotopic (exact) mass is 374 g/mol. The first kappa shape index (κ1) is 18.1. The van der Waals surface area contributed by atoms with E-state index in [0.29, 0.717) is 25.4 Å². The predicted molar refractivity (Wildman–Crippen MR) is 109 cm³/mol. The van der Waals surface area contributed by atoms with Crippen LogP contribution >= 0.6 is 0 Å². The van der Waals surface area contributed by atoms with E-state index in [1.807, 2.05) is 37.3 Å². The normalized spacial score (nSPS) is 12.5. The van der Waals surface area contributed by atoms with Gasteiger partial charge in [-0.1, -0.05) is 24.3 Å². The molecule has 0 aliphatic carbocycles. The molecule has 142 valence electrons.